The van der Waals surface area contributed by atoms with E-state index >= 15 is 0 Å². The van der Waals surface area contributed by atoms with Gasteiger partial charge in [-0.05, 0) is 44.4 Å². The summed E-state index contributed by atoms with van der Waals surface area (Å²) < 4.78 is 28.3. The van der Waals surface area contributed by atoms with Gasteiger partial charge in [-0.15, -0.1) is 12.3 Å². The average Bonchev–Trinajstić information content (AvgIpc) is 2.37. The van der Waals surface area contributed by atoms with Crippen LogP contribution in [-0.2, 0) is 6.42 Å². The van der Waals surface area contributed by atoms with Gasteiger partial charge in [-0.2, -0.15) is 8.78 Å². The minimum atomic E-state index is -2.78. The predicted octanol–water partition coefficient (Wildman–Crippen LogP) is 3.61. The molecule has 0 amide bonds. The maximum Gasteiger partial charge on any atom is 0.387 e. The number of nitrogens with one attached hydrogen (secondary N) is 1. The van der Waals surface area contributed by atoms with Crippen LogP contribution in [0, 0.1) is 12.3 Å². The maximum absolute atomic E-state index is 12.0. The Morgan fingerprint density at radius 3 is 2.40 bits per heavy atom. The molecule has 0 aromatic heterocycles. The molecule has 0 saturated carbocycles. The van der Waals surface area contributed by atoms with Gasteiger partial charge in [0.15, 0.2) is 0 Å². The number of hydrogen-bond acceptors (Lipinski definition) is 2. The molecule has 1 N–H and O–H groups in total. The van der Waals surface area contributed by atoms with Crippen molar-refractivity contribution in [3.8, 4) is 18.1 Å². The molecule has 0 heterocycles. The number of rotatable bonds is 8. The first-order valence-electron chi connectivity index (χ1n) is 6.74. The van der Waals surface area contributed by atoms with Crippen molar-refractivity contribution >= 4 is 0 Å². The number of ether oxygens (including phenoxy) is 1. The lowest BCUT2D eigenvalue weighted by molar-refractivity contribution is -0.0498. The molecule has 2 atom stereocenters. The van der Waals surface area contributed by atoms with Crippen LogP contribution in [0.1, 0.15) is 32.3 Å². The Balaban J connectivity index is 2.36. The fraction of sp³-hybridized carbons (Fsp3) is 0.500. The molecule has 2 nitrogen and oxygen atoms in total. The van der Waals surface area contributed by atoms with Crippen LogP contribution in [0.5, 0.6) is 5.75 Å². The van der Waals surface area contributed by atoms with E-state index in [0.29, 0.717) is 18.5 Å². The summed E-state index contributed by atoms with van der Waals surface area (Å²) in [6, 6.07) is 7.43. The molecule has 0 aliphatic rings. The minimum Gasteiger partial charge on any atom is -0.435 e. The van der Waals surface area contributed by atoms with Crippen LogP contribution >= 0.6 is 0 Å². The second kappa shape index (κ2) is 8.55. The predicted molar refractivity (Wildman–Crippen MR) is 76.9 cm³/mol. The highest BCUT2D eigenvalue weighted by atomic mass is 19.3. The SMILES string of the molecule is C#CCC(C)NC(C)CCc1ccc(OC(F)F)cc1. The van der Waals surface area contributed by atoms with Crippen LogP contribution in [0.4, 0.5) is 8.78 Å². The van der Waals surface area contributed by atoms with Crippen LogP contribution in [0.25, 0.3) is 0 Å². The van der Waals surface area contributed by atoms with Gasteiger partial charge >= 0.3 is 6.61 Å². The summed E-state index contributed by atoms with van der Waals surface area (Å²) in [4.78, 5) is 0. The van der Waals surface area contributed by atoms with Crippen molar-refractivity contribution in [2.45, 2.75) is 51.8 Å². The van der Waals surface area contributed by atoms with Crippen molar-refractivity contribution in [1.29, 1.82) is 0 Å². The van der Waals surface area contributed by atoms with Gasteiger partial charge in [-0.3, -0.25) is 0 Å². The smallest absolute Gasteiger partial charge is 0.387 e. The van der Waals surface area contributed by atoms with Crippen molar-refractivity contribution in [2.24, 2.45) is 0 Å². The summed E-state index contributed by atoms with van der Waals surface area (Å²) in [6.45, 7) is 1.40. The van der Waals surface area contributed by atoms with E-state index in [0.717, 1.165) is 18.4 Å². The van der Waals surface area contributed by atoms with Crippen LogP contribution < -0.4 is 10.1 Å². The van der Waals surface area contributed by atoms with Gasteiger partial charge in [-0.1, -0.05) is 12.1 Å². The van der Waals surface area contributed by atoms with Crippen molar-refractivity contribution in [3.05, 3.63) is 29.8 Å². The molecule has 1 aromatic rings. The first-order chi connectivity index (χ1) is 9.51. The molecule has 0 spiro atoms. The van der Waals surface area contributed by atoms with Gasteiger partial charge in [0.1, 0.15) is 5.75 Å². The number of alkyl halides is 2. The highest BCUT2D eigenvalue weighted by Gasteiger charge is 2.07. The van der Waals surface area contributed by atoms with Crippen LogP contribution in [0.15, 0.2) is 24.3 Å². The van der Waals surface area contributed by atoms with Gasteiger partial charge in [-0.25, -0.2) is 0 Å². The first kappa shape index (κ1) is 16.5. The van der Waals surface area contributed by atoms with Crippen molar-refractivity contribution < 1.29 is 13.5 Å². The molecule has 4 heteroatoms. The van der Waals surface area contributed by atoms with Crippen molar-refractivity contribution in [2.75, 3.05) is 0 Å². The zero-order valence-corrected chi connectivity index (χ0v) is 11.9. The number of halogens is 2. The van der Waals surface area contributed by atoms with E-state index < -0.39 is 6.61 Å². The Kier molecular flexibility index (Phi) is 7.03. The average molecular weight is 281 g/mol. The molecular formula is C16H21F2NO. The Morgan fingerprint density at radius 1 is 1.20 bits per heavy atom. The fourth-order valence-electron chi connectivity index (χ4n) is 2.03. The highest BCUT2D eigenvalue weighted by Crippen LogP contribution is 2.16. The molecule has 0 saturated heterocycles. The zero-order valence-electron chi connectivity index (χ0n) is 11.9. The third-order valence-electron chi connectivity index (χ3n) is 3.01. The molecule has 0 aliphatic heterocycles. The molecule has 0 bridgehead atoms. The molecule has 1 rings (SSSR count). The fourth-order valence-corrected chi connectivity index (χ4v) is 2.03. The largest absolute Gasteiger partial charge is 0.435 e. The zero-order chi connectivity index (χ0) is 15.0. The standard InChI is InChI=1S/C16H21F2NO/c1-4-5-12(2)19-13(3)6-7-14-8-10-15(11-9-14)20-16(17)18/h1,8-13,16,19H,5-7H2,2-3H3. The molecule has 0 radical (unpaired) electrons. The van der Waals surface area contributed by atoms with E-state index in [1.54, 1.807) is 12.1 Å². The summed E-state index contributed by atoms with van der Waals surface area (Å²) >= 11 is 0. The van der Waals surface area contributed by atoms with Crippen molar-refractivity contribution in [1.82, 2.24) is 5.32 Å². The number of benzene rings is 1. The summed E-state index contributed by atoms with van der Waals surface area (Å²) in [5, 5.41) is 3.42. The maximum atomic E-state index is 12.0. The summed E-state index contributed by atoms with van der Waals surface area (Å²) in [7, 11) is 0. The lowest BCUT2D eigenvalue weighted by Crippen LogP contribution is -2.34. The lowest BCUT2D eigenvalue weighted by atomic mass is 10.1. The van der Waals surface area contributed by atoms with E-state index in [4.69, 9.17) is 6.42 Å². The molecule has 20 heavy (non-hydrogen) atoms. The van der Waals surface area contributed by atoms with Gasteiger partial charge in [0.05, 0.1) is 0 Å². The first-order valence-corrected chi connectivity index (χ1v) is 6.74. The third kappa shape index (κ3) is 6.53. The lowest BCUT2D eigenvalue weighted by Gasteiger charge is -2.18. The second-order valence-corrected chi connectivity index (χ2v) is 4.94. The highest BCUT2D eigenvalue weighted by molar-refractivity contribution is 5.27. The van der Waals surface area contributed by atoms with Crippen LogP contribution in [0.3, 0.4) is 0 Å². The molecular weight excluding hydrogens is 260 g/mol. The Labute approximate surface area is 119 Å². The number of hydrogen-bond donors (Lipinski definition) is 1. The normalized spacial score (nSPS) is 13.8. The Bertz CT molecular complexity index is 425. The topological polar surface area (TPSA) is 21.3 Å². The van der Waals surface area contributed by atoms with Gasteiger partial charge < -0.3 is 10.1 Å². The summed E-state index contributed by atoms with van der Waals surface area (Å²) in [5.41, 5.74) is 1.10. The molecule has 2 unspecified atom stereocenters. The van der Waals surface area contributed by atoms with Gasteiger partial charge in [0.2, 0.25) is 0 Å². The van der Waals surface area contributed by atoms with E-state index in [-0.39, 0.29) is 5.75 Å². The van der Waals surface area contributed by atoms with Crippen molar-refractivity contribution in [3.63, 3.8) is 0 Å². The van der Waals surface area contributed by atoms with E-state index in [1.165, 1.54) is 0 Å². The van der Waals surface area contributed by atoms with Crippen LogP contribution in [-0.4, -0.2) is 18.7 Å². The molecule has 0 aliphatic carbocycles. The third-order valence-corrected chi connectivity index (χ3v) is 3.01. The molecule has 0 fully saturated rings. The second-order valence-electron chi connectivity index (χ2n) is 4.94. The van der Waals surface area contributed by atoms with E-state index in [9.17, 15) is 8.78 Å². The van der Waals surface area contributed by atoms with Gasteiger partial charge in [0.25, 0.3) is 0 Å². The monoisotopic (exact) mass is 281 g/mol. The Morgan fingerprint density at radius 2 is 1.85 bits per heavy atom. The van der Waals surface area contributed by atoms with Gasteiger partial charge in [0, 0.05) is 18.5 Å². The minimum absolute atomic E-state index is 0.192. The molecule has 110 valence electrons. The van der Waals surface area contributed by atoms with E-state index in [2.05, 4.69) is 29.8 Å². The van der Waals surface area contributed by atoms with E-state index in [1.807, 2.05) is 12.1 Å². The summed E-state index contributed by atoms with van der Waals surface area (Å²) in [5.74, 6) is 2.82. The molecule has 1 aromatic carbocycles. The Hall–Kier alpha value is -1.60. The number of aryl methyl sites for hydroxylation is 1. The number of terminal acetylenes is 1. The quantitative estimate of drug-likeness (QED) is 0.735. The van der Waals surface area contributed by atoms with Crippen LogP contribution in [0.2, 0.25) is 0 Å². The summed E-state index contributed by atoms with van der Waals surface area (Å²) in [6.07, 6.45) is 7.82.